The lowest BCUT2D eigenvalue weighted by molar-refractivity contribution is 0.0383. The first-order valence-electron chi connectivity index (χ1n) is 9.45. The van der Waals surface area contributed by atoms with Gasteiger partial charge in [0.1, 0.15) is 0 Å². The Labute approximate surface area is 165 Å². The molecule has 148 valence electrons. The van der Waals surface area contributed by atoms with Crippen molar-refractivity contribution in [2.24, 2.45) is 0 Å². The molecule has 0 spiro atoms. The van der Waals surface area contributed by atoms with Crippen LogP contribution in [0.4, 0.5) is 5.69 Å². The van der Waals surface area contributed by atoms with Crippen LogP contribution in [-0.2, 0) is 4.74 Å². The van der Waals surface area contributed by atoms with Gasteiger partial charge in [0.15, 0.2) is 0 Å². The summed E-state index contributed by atoms with van der Waals surface area (Å²) in [5.74, 6) is -0.522. The molecule has 0 aliphatic carbocycles. The van der Waals surface area contributed by atoms with Gasteiger partial charge in [0.05, 0.1) is 24.3 Å². The highest BCUT2D eigenvalue weighted by Crippen LogP contribution is 2.17. The third-order valence-electron chi connectivity index (χ3n) is 4.72. The first kappa shape index (κ1) is 20.0. The van der Waals surface area contributed by atoms with E-state index in [2.05, 4.69) is 20.5 Å². The summed E-state index contributed by atoms with van der Waals surface area (Å²) in [6.07, 6.45) is 2.93. The quantitative estimate of drug-likeness (QED) is 0.799. The van der Waals surface area contributed by atoms with Gasteiger partial charge in [-0.05, 0) is 37.1 Å². The minimum absolute atomic E-state index is 0.234. The number of carbonyl (C=O) groups excluding carboxylic acids is 2. The molecule has 1 fully saturated rings. The molecule has 0 bridgehead atoms. The molecule has 3 rings (SSSR count). The lowest BCUT2D eigenvalue weighted by Crippen LogP contribution is -2.41. The van der Waals surface area contributed by atoms with Gasteiger partial charge in [-0.3, -0.25) is 19.5 Å². The van der Waals surface area contributed by atoms with Crippen LogP contribution in [-0.4, -0.2) is 61.1 Å². The molecule has 2 aromatic rings. The van der Waals surface area contributed by atoms with E-state index in [0.29, 0.717) is 17.7 Å². The smallest absolute Gasteiger partial charge is 0.257 e. The van der Waals surface area contributed by atoms with E-state index in [1.165, 1.54) is 12.4 Å². The molecule has 1 aliphatic heterocycles. The molecule has 7 nitrogen and oxygen atoms in total. The fourth-order valence-corrected chi connectivity index (χ4v) is 3.01. The molecule has 1 saturated heterocycles. The number of nitrogens with zero attached hydrogens (tertiary/aromatic N) is 2. The van der Waals surface area contributed by atoms with Crippen LogP contribution >= 0.6 is 0 Å². The van der Waals surface area contributed by atoms with E-state index in [1.807, 2.05) is 32.0 Å². The van der Waals surface area contributed by atoms with Crippen LogP contribution in [0.25, 0.3) is 0 Å². The molecular formula is C21H26N4O3. The monoisotopic (exact) mass is 382 g/mol. The van der Waals surface area contributed by atoms with Gasteiger partial charge in [-0.15, -0.1) is 0 Å². The van der Waals surface area contributed by atoms with Crippen molar-refractivity contribution in [3.63, 3.8) is 0 Å². The maximum atomic E-state index is 12.6. The molecule has 28 heavy (non-hydrogen) atoms. The van der Waals surface area contributed by atoms with E-state index in [4.69, 9.17) is 4.74 Å². The van der Waals surface area contributed by atoms with Gasteiger partial charge >= 0.3 is 0 Å². The van der Waals surface area contributed by atoms with Crippen molar-refractivity contribution >= 4 is 17.5 Å². The van der Waals surface area contributed by atoms with Gasteiger partial charge in [-0.25, -0.2) is 0 Å². The predicted octanol–water partition coefficient (Wildman–Crippen LogP) is 2.01. The first-order valence-corrected chi connectivity index (χ1v) is 9.45. The van der Waals surface area contributed by atoms with Crippen molar-refractivity contribution in [2.45, 2.75) is 13.8 Å². The van der Waals surface area contributed by atoms with Crippen molar-refractivity contribution in [3.05, 3.63) is 58.9 Å². The summed E-state index contributed by atoms with van der Waals surface area (Å²) in [6.45, 7) is 8.44. The van der Waals surface area contributed by atoms with Gasteiger partial charge in [0, 0.05) is 44.3 Å². The van der Waals surface area contributed by atoms with Gasteiger partial charge in [0.25, 0.3) is 11.8 Å². The second kappa shape index (κ2) is 9.43. The highest BCUT2D eigenvalue weighted by molar-refractivity contribution is 6.06. The Morgan fingerprint density at radius 1 is 1.07 bits per heavy atom. The highest BCUT2D eigenvalue weighted by atomic mass is 16.5. The summed E-state index contributed by atoms with van der Waals surface area (Å²) >= 11 is 0. The normalized spacial score (nSPS) is 14.5. The minimum Gasteiger partial charge on any atom is -0.379 e. The fourth-order valence-electron chi connectivity index (χ4n) is 3.01. The zero-order valence-electron chi connectivity index (χ0n) is 16.3. The van der Waals surface area contributed by atoms with Crippen LogP contribution in [0.1, 0.15) is 31.8 Å². The lowest BCUT2D eigenvalue weighted by atomic mass is 10.1. The second-order valence-electron chi connectivity index (χ2n) is 6.94. The molecule has 2 amide bonds. The number of ether oxygens (including phenoxy) is 1. The molecule has 1 aliphatic rings. The van der Waals surface area contributed by atoms with Crippen LogP contribution in [0.5, 0.6) is 0 Å². The molecule has 0 saturated carbocycles. The Balaban J connectivity index is 1.58. The summed E-state index contributed by atoms with van der Waals surface area (Å²) in [6, 6.07) is 7.44. The molecule has 1 aromatic carbocycles. The molecule has 2 N–H and O–H groups in total. The number of aromatic nitrogens is 1. The van der Waals surface area contributed by atoms with Crippen molar-refractivity contribution < 1.29 is 14.3 Å². The van der Waals surface area contributed by atoms with Crippen LogP contribution in [0.15, 0.2) is 36.7 Å². The summed E-state index contributed by atoms with van der Waals surface area (Å²) < 4.78 is 5.31. The molecule has 0 atom stereocenters. The first-order chi connectivity index (χ1) is 13.5. The second-order valence-corrected chi connectivity index (χ2v) is 6.94. The topological polar surface area (TPSA) is 83.6 Å². The van der Waals surface area contributed by atoms with E-state index in [9.17, 15) is 9.59 Å². The maximum Gasteiger partial charge on any atom is 0.257 e. The zero-order valence-corrected chi connectivity index (χ0v) is 16.3. The number of amides is 2. The Morgan fingerprint density at radius 2 is 1.79 bits per heavy atom. The van der Waals surface area contributed by atoms with Gasteiger partial charge in [-0.2, -0.15) is 0 Å². The van der Waals surface area contributed by atoms with E-state index in [1.54, 1.807) is 6.07 Å². The Morgan fingerprint density at radius 3 is 2.54 bits per heavy atom. The van der Waals surface area contributed by atoms with Crippen molar-refractivity contribution in [1.29, 1.82) is 0 Å². The molecule has 0 unspecified atom stereocenters. The van der Waals surface area contributed by atoms with Crippen molar-refractivity contribution in [3.8, 4) is 0 Å². The number of pyridine rings is 1. The van der Waals surface area contributed by atoms with Crippen LogP contribution < -0.4 is 10.6 Å². The fraction of sp³-hybridized carbons (Fsp3) is 0.381. The van der Waals surface area contributed by atoms with Crippen LogP contribution in [0.2, 0.25) is 0 Å². The van der Waals surface area contributed by atoms with E-state index < -0.39 is 0 Å². The zero-order chi connectivity index (χ0) is 19.9. The number of nitrogens with one attached hydrogen (secondary N) is 2. The SMILES string of the molecule is Cc1ccc(C)c(NC(=O)c2cncc(C(=O)NCCN3CCOCC3)c2)c1. The van der Waals surface area contributed by atoms with Crippen molar-refractivity contribution in [1.82, 2.24) is 15.2 Å². The largest absolute Gasteiger partial charge is 0.379 e. The average molecular weight is 382 g/mol. The Kier molecular flexibility index (Phi) is 6.73. The number of benzene rings is 1. The average Bonchev–Trinajstić information content (AvgIpc) is 2.71. The number of rotatable bonds is 6. The van der Waals surface area contributed by atoms with E-state index in [-0.39, 0.29) is 11.8 Å². The van der Waals surface area contributed by atoms with Crippen molar-refractivity contribution in [2.75, 3.05) is 44.7 Å². The summed E-state index contributed by atoms with van der Waals surface area (Å²) in [4.78, 5) is 31.3. The minimum atomic E-state index is -0.288. The predicted molar refractivity (Wildman–Crippen MR) is 108 cm³/mol. The Bertz CT molecular complexity index is 847. The molecule has 0 radical (unpaired) electrons. The highest BCUT2D eigenvalue weighted by Gasteiger charge is 2.14. The third-order valence-corrected chi connectivity index (χ3v) is 4.72. The number of carbonyl (C=O) groups is 2. The third kappa shape index (κ3) is 5.37. The number of morpholine rings is 1. The van der Waals surface area contributed by atoms with E-state index >= 15 is 0 Å². The molecule has 7 heteroatoms. The Hall–Kier alpha value is -2.77. The van der Waals surface area contributed by atoms with E-state index in [0.717, 1.165) is 49.7 Å². The maximum absolute atomic E-state index is 12.6. The summed E-state index contributed by atoms with van der Waals surface area (Å²) in [7, 11) is 0. The van der Waals surface area contributed by atoms with Gasteiger partial charge < -0.3 is 15.4 Å². The summed E-state index contributed by atoms with van der Waals surface area (Å²) in [5, 5.41) is 5.78. The summed E-state index contributed by atoms with van der Waals surface area (Å²) in [5.41, 5.74) is 3.51. The van der Waals surface area contributed by atoms with Gasteiger partial charge in [-0.1, -0.05) is 12.1 Å². The number of anilines is 1. The van der Waals surface area contributed by atoms with Gasteiger partial charge in [0.2, 0.25) is 0 Å². The molecular weight excluding hydrogens is 356 g/mol. The molecule has 1 aromatic heterocycles. The van der Waals surface area contributed by atoms with Crippen LogP contribution in [0.3, 0.4) is 0 Å². The lowest BCUT2D eigenvalue weighted by Gasteiger charge is -2.26. The number of hydrogen-bond donors (Lipinski definition) is 2. The number of hydrogen-bond acceptors (Lipinski definition) is 5. The standard InChI is InChI=1S/C21H26N4O3/c1-15-3-4-16(2)19(11-15)24-21(27)18-12-17(13-22-14-18)20(26)23-5-6-25-7-9-28-10-8-25/h3-4,11-14H,5-10H2,1-2H3,(H,23,26)(H,24,27). The van der Waals surface area contributed by atoms with Crippen LogP contribution in [0, 0.1) is 13.8 Å². The number of aryl methyl sites for hydroxylation is 2. The molecule has 2 heterocycles.